The molecule has 0 spiro atoms. The average Bonchev–Trinajstić information content (AvgIpc) is 3.15. The number of aliphatic hydroxyl groups excluding tert-OH is 1. The number of anilines is 1. The van der Waals surface area contributed by atoms with Crippen molar-refractivity contribution >= 4 is 5.69 Å². The molecule has 3 rings (SSSR count). The van der Waals surface area contributed by atoms with E-state index >= 15 is 0 Å². The van der Waals surface area contributed by atoms with Crippen LogP contribution >= 0.6 is 0 Å². The second kappa shape index (κ2) is 5.28. The summed E-state index contributed by atoms with van der Waals surface area (Å²) >= 11 is 0. The van der Waals surface area contributed by atoms with Gasteiger partial charge in [0.25, 0.3) is 0 Å². The zero-order valence-electron chi connectivity index (χ0n) is 12.1. The van der Waals surface area contributed by atoms with Gasteiger partial charge in [-0.3, -0.25) is 0 Å². The molecule has 0 radical (unpaired) electrons. The van der Waals surface area contributed by atoms with Crippen LogP contribution in [0.3, 0.4) is 0 Å². The minimum absolute atomic E-state index is 0.0584. The van der Waals surface area contributed by atoms with Crippen molar-refractivity contribution in [3.8, 4) is 6.07 Å². The quantitative estimate of drug-likeness (QED) is 0.833. The highest BCUT2D eigenvalue weighted by molar-refractivity contribution is 5.57. The third-order valence-electron chi connectivity index (χ3n) is 4.63. The summed E-state index contributed by atoms with van der Waals surface area (Å²) in [6, 6.07) is 2.94. The third-order valence-corrected chi connectivity index (χ3v) is 4.63. The van der Waals surface area contributed by atoms with Crippen molar-refractivity contribution in [3.05, 3.63) is 29.3 Å². The van der Waals surface area contributed by atoms with Gasteiger partial charge in [-0.25, -0.2) is 0 Å². The number of halogens is 6. The van der Waals surface area contributed by atoms with Crippen LogP contribution < -0.4 is 4.90 Å². The molecule has 1 saturated carbocycles. The molecule has 9 heteroatoms. The van der Waals surface area contributed by atoms with Crippen LogP contribution in [0.4, 0.5) is 32.0 Å². The van der Waals surface area contributed by atoms with E-state index in [2.05, 4.69) is 0 Å². The Balaban J connectivity index is 1.98. The number of nitriles is 1. The fourth-order valence-corrected chi connectivity index (χ4v) is 3.42. The van der Waals surface area contributed by atoms with Gasteiger partial charge in [0.2, 0.25) is 0 Å². The molecule has 2 aliphatic rings. The number of benzene rings is 1. The van der Waals surface area contributed by atoms with E-state index in [1.807, 2.05) is 0 Å². The summed E-state index contributed by atoms with van der Waals surface area (Å²) in [4.78, 5) is 1.17. The van der Waals surface area contributed by atoms with Crippen LogP contribution in [-0.2, 0) is 6.18 Å². The Labute approximate surface area is 133 Å². The SMILES string of the molecule is N#Cc1ccc(N2C[C@@H]3CC3[C@@H]2[C@H](O)C(F)(F)F)cc1C(F)(F)F. The van der Waals surface area contributed by atoms with Gasteiger partial charge in [0.05, 0.1) is 23.2 Å². The fraction of sp³-hybridized carbons (Fsp3) is 0.533. The van der Waals surface area contributed by atoms with Crippen LogP contribution in [0, 0.1) is 23.2 Å². The zero-order chi connectivity index (χ0) is 17.9. The number of fused-ring (bicyclic) bond motifs is 1. The molecule has 1 saturated heterocycles. The van der Waals surface area contributed by atoms with Crippen LogP contribution in [0.15, 0.2) is 18.2 Å². The van der Waals surface area contributed by atoms with Crippen LogP contribution in [0.5, 0.6) is 0 Å². The summed E-state index contributed by atoms with van der Waals surface area (Å²) in [5, 5.41) is 18.4. The fourth-order valence-electron chi connectivity index (χ4n) is 3.42. The molecule has 24 heavy (non-hydrogen) atoms. The van der Waals surface area contributed by atoms with Gasteiger partial charge in [0, 0.05) is 12.2 Å². The predicted molar refractivity (Wildman–Crippen MR) is 71.0 cm³/mol. The lowest BCUT2D eigenvalue weighted by Gasteiger charge is -2.34. The maximum absolute atomic E-state index is 13.0. The molecule has 1 heterocycles. The molecule has 1 unspecified atom stereocenters. The summed E-state index contributed by atoms with van der Waals surface area (Å²) in [6.07, 6.45) is -11.7. The number of rotatable bonds is 2. The number of alkyl halides is 6. The number of piperidine rings is 1. The molecule has 1 aliphatic carbocycles. The van der Waals surface area contributed by atoms with E-state index in [0.29, 0.717) is 12.5 Å². The normalized spacial score (nSPS) is 27.6. The van der Waals surface area contributed by atoms with E-state index in [4.69, 9.17) is 5.26 Å². The van der Waals surface area contributed by atoms with Gasteiger partial charge in [-0.05, 0) is 36.5 Å². The predicted octanol–water partition coefficient (Wildman–Crippen LogP) is 3.32. The molecule has 0 bridgehead atoms. The first kappa shape index (κ1) is 16.9. The largest absolute Gasteiger partial charge is 0.417 e. The first-order valence-corrected chi connectivity index (χ1v) is 7.17. The van der Waals surface area contributed by atoms with E-state index in [0.717, 1.165) is 6.07 Å². The molecule has 1 aliphatic heterocycles. The summed E-state index contributed by atoms with van der Waals surface area (Å²) < 4.78 is 77.7. The van der Waals surface area contributed by atoms with Crippen molar-refractivity contribution in [2.24, 2.45) is 11.8 Å². The molecule has 0 amide bonds. The van der Waals surface area contributed by atoms with Gasteiger partial charge in [0.15, 0.2) is 6.10 Å². The number of nitrogens with zero attached hydrogens (tertiary/aromatic N) is 2. The third kappa shape index (κ3) is 2.79. The highest BCUT2D eigenvalue weighted by Gasteiger charge is 2.60. The van der Waals surface area contributed by atoms with E-state index in [1.165, 1.54) is 17.0 Å². The molecule has 1 N–H and O–H groups in total. The second-order valence-electron chi connectivity index (χ2n) is 6.13. The van der Waals surface area contributed by atoms with Gasteiger partial charge in [-0.2, -0.15) is 31.6 Å². The maximum Gasteiger partial charge on any atom is 0.417 e. The molecule has 2 fully saturated rings. The summed E-state index contributed by atoms with van der Waals surface area (Å²) in [7, 11) is 0. The van der Waals surface area contributed by atoms with Crippen molar-refractivity contribution in [2.45, 2.75) is 30.9 Å². The second-order valence-corrected chi connectivity index (χ2v) is 6.13. The molecule has 130 valence electrons. The van der Waals surface area contributed by atoms with Crippen molar-refractivity contribution in [1.82, 2.24) is 0 Å². The Morgan fingerprint density at radius 3 is 2.42 bits per heavy atom. The van der Waals surface area contributed by atoms with Gasteiger partial charge in [-0.1, -0.05) is 0 Å². The Bertz CT molecular complexity index is 693. The van der Waals surface area contributed by atoms with Gasteiger partial charge < -0.3 is 10.0 Å². The van der Waals surface area contributed by atoms with Crippen LogP contribution in [0.1, 0.15) is 17.5 Å². The average molecular weight is 350 g/mol. The van der Waals surface area contributed by atoms with E-state index in [1.54, 1.807) is 0 Å². The molecule has 3 nitrogen and oxygen atoms in total. The maximum atomic E-state index is 13.0. The topological polar surface area (TPSA) is 47.3 Å². The zero-order valence-corrected chi connectivity index (χ0v) is 12.1. The number of hydrogen-bond donors (Lipinski definition) is 1. The lowest BCUT2D eigenvalue weighted by atomic mass is 10.0. The molecular formula is C15H12F6N2O. The lowest BCUT2D eigenvalue weighted by Crippen LogP contribution is -2.49. The molecule has 0 aromatic heterocycles. The molecule has 1 aromatic rings. The monoisotopic (exact) mass is 350 g/mol. The van der Waals surface area contributed by atoms with Crippen molar-refractivity contribution in [2.75, 3.05) is 11.4 Å². The highest BCUT2D eigenvalue weighted by atomic mass is 19.4. The number of aliphatic hydroxyl groups is 1. The highest BCUT2D eigenvalue weighted by Crippen LogP contribution is 2.53. The number of hydrogen-bond acceptors (Lipinski definition) is 3. The van der Waals surface area contributed by atoms with Crippen molar-refractivity contribution < 1.29 is 31.4 Å². The summed E-state index contributed by atoms with van der Waals surface area (Å²) in [5.74, 6) is -0.441. The van der Waals surface area contributed by atoms with E-state index < -0.39 is 35.6 Å². The first-order valence-electron chi connectivity index (χ1n) is 7.17. The van der Waals surface area contributed by atoms with Gasteiger partial charge in [-0.15, -0.1) is 0 Å². The smallest absolute Gasteiger partial charge is 0.382 e. The first-order chi connectivity index (χ1) is 11.0. The van der Waals surface area contributed by atoms with Gasteiger partial charge >= 0.3 is 12.4 Å². The minimum Gasteiger partial charge on any atom is -0.382 e. The minimum atomic E-state index is -4.85. The van der Waals surface area contributed by atoms with Gasteiger partial charge in [0.1, 0.15) is 0 Å². The standard InChI is InChI=1S/C15H12F6N2O/c16-14(17,18)11-4-9(2-1-7(11)5-22)23-6-8-3-10(8)12(23)13(24)15(19,20)21/h1-2,4,8,10,12-13,24H,3,6H2/t8-,10?,12+,13-/m0/s1. The Kier molecular flexibility index (Phi) is 3.71. The Morgan fingerprint density at radius 2 is 1.88 bits per heavy atom. The van der Waals surface area contributed by atoms with Crippen LogP contribution in [-0.4, -0.2) is 30.0 Å². The lowest BCUT2D eigenvalue weighted by molar-refractivity contribution is -0.210. The summed E-state index contributed by atoms with van der Waals surface area (Å²) in [5.41, 5.74) is -1.85. The van der Waals surface area contributed by atoms with E-state index in [9.17, 15) is 31.4 Å². The molecule has 1 aromatic carbocycles. The van der Waals surface area contributed by atoms with Crippen molar-refractivity contribution in [1.29, 1.82) is 5.26 Å². The Hall–Kier alpha value is -1.95. The van der Waals surface area contributed by atoms with Crippen LogP contribution in [0.25, 0.3) is 0 Å². The van der Waals surface area contributed by atoms with Crippen molar-refractivity contribution in [3.63, 3.8) is 0 Å². The summed E-state index contributed by atoms with van der Waals surface area (Å²) in [6.45, 7) is 0.158. The van der Waals surface area contributed by atoms with E-state index in [-0.39, 0.29) is 24.1 Å². The van der Waals surface area contributed by atoms with Crippen LogP contribution in [0.2, 0.25) is 0 Å². The molecular weight excluding hydrogens is 338 g/mol. The Morgan fingerprint density at radius 1 is 1.21 bits per heavy atom. The molecule has 4 atom stereocenters.